The zero-order valence-corrected chi connectivity index (χ0v) is 19.5. The van der Waals surface area contributed by atoms with Gasteiger partial charge in [0.05, 0.1) is 13.7 Å². The third-order valence-electron chi connectivity index (χ3n) is 3.32. The van der Waals surface area contributed by atoms with E-state index in [9.17, 15) is 4.79 Å². The number of ether oxygens (including phenoxy) is 2. The zero-order chi connectivity index (χ0) is 18.0. The van der Waals surface area contributed by atoms with Crippen molar-refractivity contribution in [2.75, 3.05) is 6.61 Å². The predicted octanol–water partition coefficient (Wildman–Crippen LogP) is 5.24. The lowest BCUT2D eigenvalue weighted by molar-refractivity contribution is -0.129. The number of carbonyl (C=O) groups excluding carboxylic acids is 1. The van der Waals surface area contributed by atoms with Crippen LogP contribution in [0.25, 0.3) is 6.08 Å². The van der Waals surface area contributed by atoms with Crippen molar-refractivity contribution in [2.24, 2.45) is 4.99 Å². The van der Waals surface area contributed by atoms with Gasteiger partial charge < -0.3 is 9.47 Å². The van der Waals surface area contributed by atoms with Gasteiger partial charge in [-0.05, 0) is 123 Å². The second-order valence-electron chi connectivity index (χ2n) is 5.09. The van der Waals surface area contributed by atoms with Gasteiger partial charge in [0.1, 0.15) is 5.75 Å². The number of benzene rings is 2. The standard InChI is InChI=1S/C18H12I3NO3/c1-2-24-16-13(20)7-10(8-14(16)21)9-15-18(23)25-17(22-15)11-3-5-12(19)6-4-11/h3-9H,2H2,1H3/b15-9-. The minimum atomic E-state index is -0.438. The van der Waals surface area contributed by atoms with Crippen LogP contribution in [0.4, 0.5) is 0 Å². The number of esters is 1. The monoisotopic (exact) mass is 671 g/mol. The van der Waals surface area contributed by atoms with Gasteiger partial charge in [-0.15, -0.1) is 0 Å². The number of aliphatic imine (C=N–C) groups is 1. The number of cyclic esters (lactones) is 1. The Hall–Kier alpha value is -0.690. The summed E-state index contributed by atoms with van der Waals surface area (Å²) in [5, 5.41) is 0. The van der Waals surface area contributed by atoms with Crippen LogP contribution in [0.1, 0.15) is 18.1 Å². The van der Waals surface area contributed by atoms with Crippen molar-refractivity contribution in [3.63, 3.8) is 0 Å². The van der Waals surface area contributed by atoms with Gasteiger partial charge in [0.15, 0.2) is 5.70 Å². The number of hydrogen-bond donors (Lipinski definition) is 0. The van der Waals surface area contributed by atoms with Crippen LogP contribution in [0.15, 0.2) is 47.1 Å². The number of halogens is 3. The van der Waals surface area contributed by atoms with Crippen LogP contribution in [0.2, 0.25) is 0 Å². The molecule has 0 amide bonds. The molecule has 128 valence electrons. The summed E-state index contributed by atoms with van der Waals surface area (Å²) in [6.45, 7) is 2.57. The maximum absolute atomic E-state index is 12.1. The second kappa shape index (κ2) is 8.33. The molecule has 0 saturated heterocycles. The molecule has 0 spiro atoms. The SMILES string of the molecule is CCOc1c(I)cc(/C=C2\N=C(c3ccc(I)cc3)OC2=O)cc1I. The van der Waals surface area contributed by atoms with Gasteiger partial charge in [-0.25, -0.2) is 9.79 Å². The molecule has 4 nitrogen and oxygen atoms in total. The summed E-state index contributed by atoms with van der Waals surface area (Å²) in [6.07, 6.45) is 1.74. The molecule has 2 aromatic carbocycles. The van der Waals surface area contributed by atoms with Crippen LogP contribution in [0, 0.1) is 10.7 Å². The highest BCUT2D eigenvalue weighted by Gasteiger charge is 2.24. The molecule has 0 radical (unpaired) electrons. The lowest BCUT2D eigenvalue weighted by atomic mass is 10.2. The molecule has 0 unspecified atom stereocenters. The van der Waals surface area contributed by atoms with Crippen LogP contribution >= 0.6 is 67.8 Å². The molecule has 3 rings (SSSR count). The van der Waals surface area contributed by atoms with Gasteiger partial charge in [0.2, 0.25) is 5.90 Å². The molecule has 0 N–H and O–H groups in total. The summed E-state index contributed by atoms with van der Waals surface area (Å²) in [6, 6.07) is 11.6. The highest BCUT2D eigenvalue weighted by Crippen LogP contribution is 2.30. The Morgan fingerprint density at radius 1 is 1.12 bits per heavy atom. The van der Waals surface area contributed by atoms with Gasteiger partial charge >= 0.3 is 5.97 Å². The smallest absolute Gasteiger partial charge is 0.363 e. The first-order valence-electron chi connectivity index (χ1n) is 7.38. The van der Waals surface area contributed by atoms with Crippen molar-refractivity contribution in [1.29, 1.82) is 0 Å². The summed E-state index contributed by atoms with van der Waals surface area (Å²) < 4.78 is 14.0. The first kappa shape index (κ1) is 19.1. The van der Waals surface area contributed by atoms with Crippen molar-refractivity contribution in [2.45, 2.75) is 6.92 Å². The van der Waals surface area contributed by atoms with E-state index in [1.54, 1.807) is 6.08 Å². The van der Waals surface area contributed by atoms with Crippen molar-refractivity contribution < 1.29 is 14.3 Å². The summed E-state index contributed by atoms with van der Waals surface area (Å²) in [7, 11) is 0. The molecule has 1 aliphatic rings. The first-order valence-corrected chi connectivity index (χ1v) is 10.6. The normalized spacial score (nSPS) is 15.3. The van der Waals surface area contributed by atoms with E-state index in [0.29, 0.717) is 18.2 Å². The zero-order valence-electron chi connectivity index (χ0n) is 13.1. The van der Waals surface area contributed by atoms with Gasteiger partial charge in [-0.1, -0.05) is 0 Å². The summed E-state index contributed by atoms with van der Waals surface area (Å²) in [4.78, 5) is 16.5. The Kier molecular flexibility index (Phi) is 6.36. The van der Waals surface area contributed by atoms with E-state index in [2.05, 4.69) is 72.8 Å². The van der Waals surface area contributed by atoms with E-state index in [1.165, 1.54) is 0 Å². The van der Waals surface area contributed by atoms with Crippen molar-refractivity contribution in [1.82, 2.24) is 0 Å². The number of rotatable bonds is 4. The van der Waals surface area contributed by atoms with E-state index < -0.39 is 5.97 Å². The minimum absolute atomic E-state index is 0.296. The molecule has 0 atom stereocenters. The van der Waals surface area contributed by atoms with Gasteiger partial charge in [-0.2, -0.15) is 0 Å². The average molecular weight is 671 g/mol. The highest BCUT2D eigenvalue weighted by atomic mass is 127. The Labute approximate surface area is 186 Å². The lowest BCUT2D eigenvalue weighted by Gasteiger charge is -2.09. The maximum atomic E-state index is 12.1. The largest absolute Gasteiger partial charge is 0.492 e. The Bertz CT molecular complexity index is 866. The van der Waals surface area contributed by atoms with Crippen molar-refractivity contribution >= 4 is 85.7 Å². The first-order chi connectivity index (χ1) is 12.0. The van der Waals surface area contributed by atoms with Crippen molar-refractivity contribution in [3.05, 3.63) is 63.9 Å². The fourth-order valence-corrected chi connectivity index (χ4v) is 4.72. The number of hydrogen-bond acceptors (Lipinski definition) is 4. The predicted molar refractivity (Wildman–Crippen MR) is 123 cm³/mol. The van der Waals surface area contributed by atoms with Crippen molar-refractivity contribution in [3.8, 4) is 5.75 Å². The Morgan fingerprint density at radius 3 is 2.36 bits per heavy atom. The molecule has 2 aromatic rings. The van der Waals surface area contributed by atoms with Crippen LogP contribution in [-0.2, 0) is 9.53 Å². The van der Waals surface area contributed by atoms with Gasteiger partial charge in [-0.3, -0.25) is 0 Å². The molecule has 0 fully saturated rings. The Morgan fingerprint density at radius 2 is 1.76 bits per heavy atom. The number of carbonyl (C=O) groups is 1. The van der Waals surface area contributed by atoms with Crippen LogP contribution in [0.3, 0.4) is 0 Å². The molecule has 25 heavy (non-hydrogen) atoms. The quantitative estimate of drug-likeness (QED) is 0.254. The summed E-state index contributed by atoms with van der Waals surface area (Å²) in [5.41, 5.74) is 1.97. The van der Waals surface area contributed by atoms with E-state index in [4.69, 9.17) is 9.47 Å². The molecule has 7 heteroatoms. The third kappa shape index (κ3) is 4.54. The van der Waals surface area contributed by atoms with E-state index in [0.717, 1.165) is 27.6 Å². The van der Waals surface area contributed by atoms with Crippen LogP contribution < -0.4 is 4.74 Å². The van der Waals surface area contributed by atoms with E-state index >= 15 is 0 Å². The molecule has 0 bridgehead atoms. The molecule has 1 aliphatic heterocycles. The second-order valence-corrected chi connectivity index (χ2v) is 8.66. The topological polar surface area (TPSA) is 47.9 Å². The highest BCUT2D eigenvalue weighted by molar-refractivity contribution is 14.1. The fourth-order valence-electron chi connectivity index (χ4n) is 2.23. The summed E-state index contributed by atoms with van der Waals surface area (Å²) in [5.74, 6) is 0.762. The Balaban J connectivity index is 1.93. The van der Waals surface area contributed by atoms with Gasteiger partial charge in [0.25, 0.3) is 0 Å². The van der Waals surface area contributed by atoms with E-state index in [-0.39, 0.29) is 0 Å². The molecule has 1 heterocycles. The summed E-state index contributed by atoms with van der Waals surface area (Å²) >= 11 is 6.69. The average Bonchev–Trinajstić information content (AvgIpc) is 2.92. The lowest BCUT2D eigenvalue weighted by Crippen LogP contribution is -2.05. The third-order valence-corrected chi connectivity index (χ3v) is 5.65. The van der Waals surface area contributed by atoms with Crippen LogP contribution in [0.5, 0.6) is 5.75 Å². The maximum Gasteiger partial charge on any atom is 0.363 e. The molecular weight excluding hydrogens is 659 g/mol. The fraction of sp³-hybridized carbons (Fsp3) is 0.111. The molecule has 0 aliphatic carbocycles. The molecule has 0 saturated carbocycles. The molecular formula is C18H12I3NO3. The number of nitrogens with zero attached hydrogens (tertiary/aromatic N) is 1. The van der Waals surface area contributed by atoms with Gasteiger partial charge in [0, 0.05) is 9.13 Å². The van der Waals surface area contributed by atoms with E-state index in [1.807, 2.05) is 43.3 Å². The minimum Gasteiger partial charge on any atom is -0.492 e. The molecule has 0 aromatic heterocycles. The van der Waals surface area contributed by atoms with Crippen LogP contribution in [-0.4, -0.2) is 18.5 Å².